The van der Waals surface area contributed by atoms with Gasteiger partial charge in [-0.15, -0.1) is 0 Å². The summed E-state index contributed by atoms with van der Waals surface area (Å²) in [5, 5.41) is 3.44. The first kappa shape index (κ1) is 23.9. The smallest absolute Gasteiger partial charge is 0.334 e. The zero-order chi connectivity index (χ0) is 26.2. The average molecular weight is 531 g/mol. The molecule has 0 radical (unpaired) electrons. The highest BCUT2D eigenvalue weighted by molar-refractivity contribution is 7.88. The number of halogens is 5. The number of aromatic nitrogens is 4. The van der Waals surface area contributed by atoms with Gasteiger partial charge in [-0.2, -0.15) is 13.8 Å². The van der Waals surface area contributed by atoms with Crippen molar-refractivity contribution < 1.29 is 39.6 Å². The number of hydrogen-bond acceptors (Lipinski definition) is 7. The Hall–Kier alpha value is -3.79. The predicted octanol–water partition coefficient (Wildman–Crippen LogP) is 2.29. The zero-order valence-electron chi connectivity index (χ0n) is 18.2. The highest BCUT2D eigenvalue weighted by Gasteiger charge is 2.52. The fourth-order valence-electron chi connectivity index (χ4n) is 4.10. The van der Waals surface area contributed by atoms with Gasteiger partial charge in [0.2, 0.25) is 15.9 Å². The van der Waals surface area contributed by atoms with Crippen molar-refractivity contribution in [3.05, 3.63) is 58.0 Å². The first-order chi connectivity index (χ1) is 16.8. The number of alkyl halides is 2. The van der Waals surface area contributed by atoms with Crippen molar-refractivity contribution in [1.82, 2.24) is 24.0 Å². The summed E-state index contributed by atoms with van der Waals surface area (Å²) in [6.07, 6.45) is 1.42. The summed E-state index contributed by atoms with van der Waals surface area (Å²) in [7, 11) is -2.81. The molecule has 3 aromatic heterocycles. The van der Waals surface area contributed by atoms with Crippen LogP contribution in [0.4, 0.5) is 22.0 Å². The van der Waals surface area contributed by atoms with Crippen LogP contribution in [0.1, 0.15) is 5.69 Å². The molecule has 1 aliphatic rings. The van der Waals surface area contributed by atoms with Gasteiger partial charge >= 0.3 is 11.6 Å². The third kappa shape index (κ3) is 3.63. The summed E-state index contributed by atoms with van der Waals surface area (Å²) >= 11 is 0. The monoisotopic (exact) mass is 531 g/mol. The van der Waals surface area contributed by atoms with Crippen LogP contribution >= 0.6 is 0 Å². The second kappa shape index (κ2) is 7.86. The van der Waals surface area contributed by atoms with Gasteiger partial charge in [-0.05, 0) is 0 Å². The van der Waals surface area contributed by atoms with Crippen LogP contribution < -0.4 is 15.1 Å². The summed E-state index contributed by atoms with van der Waals surface area (Å²) in [5.41, 5.74) is -3.27. The topological polar surface area (TPSA) is 121 Å². The van der Waals surface area contributed by atoms with Gasteiger partial charge in [0.05, 0.1) is 30.9 Å². The molecule has 0 unspecified atom stereocenters. The van der Waals surface area contributed by atoms with E-state index in [1.165, 1.54) is 7.11 Å². The minimum absolute atomic E-state index is 0.170. The molecule has 16 heteroatoms. The molecule has 0 spiro atoms. The minimum atomic E-state index is -4.02. The Morgan fingerprint density at radius 3 is 2.44 bits per heavy atom. The lowest BCUT2D eigenvalue weighted by molar-refractivity contribution is -0.0248. The van der Waals surface area contributed by atoms with E-state index < -0.39 is 68.7 Å². The molecule has 0 saturated heterocycles. The highest BCUT2D eigenvalue weighted by atomic mass is 32.2. The number of nitrogens with one attached hydrogen (secondary N) is 1. The number of benzene rings is 1. The molecule has 5 rings (SSSR count). The van der Waals surface area contributed by atoms with Gasteiger partial charge in [0.1, 0.15) is 29.2 Å². The summed E-state index contributed by atoms with van der Waals surface area (Å²) in [6, 6.07) is 0.0261. The van der Waals surface area contributed by atoms with Crippen LogP contribution in [0, 0.1) is 17.5 Å². The lowest BCUT2D eigenvalue weighted by atomic mass is 10.0. The number of imidazole rings is 1. The van der Waals surface area contributed by atoms with Crippen LogP contribution in [-0.2, 0) is 22.5 Å². The summed E-state index contributed by atoms with van der Waals surface area (Å²) < 4.78 is 109. The Bertz CT molecular complexity index is 1690. The molecule has 1 N–H and O–H groups in total. The van der Waals surface area contributed by atoms with Crippen LogP contribution in [0.2, 0.25) is 0 Å². The van der Waals surface area contributed by atoms with Gasteiger partial charge < -0.3 is 9.26 Å². The van der Waals surface area contributed by atoms with E-state index in [1.807, 2.05) is 0 Å². The van der Waals surface area contributed by atoms with Crippen molar-refractivity contribution in [2.45, 2.75) is 18.5 Å². The number of rotatable bonds is 5. The first-order valence-corrected chi connectivity index (χ1v) is 11.9. The SMILES string of the molecule is COc1cc(-c2c(F)cc(F)cc2F)c2c(-n3cc4n(c3=O)C[C@@H](NS(C)(=O)=O)C4(F)F)noc2n1. The molecule has 1 aromatic carbocycles. The van der Waals surface area contributed by atoms with Gasteiger partial charge in [-0.3, -0.25) is 4.57 Å². The molecule has 1 aliphatic heterocycles. The van der Waals surface area contributed by atoms with E-state index in [0.29, 0.717) is 27.5 Å². The third-order valence-electron chi connectivity index (χ3n) is 5.60. The molecule has 0 amide bonds. The van der Waals surface area contributed by atoms with Gasteiger partial charge in [0.25, 0.3) is 5.71 Å². The molecule has 10 nitrogen and oxygen atoms in total. The van der Waals surface area contributed by atoms with Crippen molar-refractivity contribution >= 4 is 21.1 Å². The second-order valence-corrected chi connectivity index (χ2v) is 9.77. The number of methoxy groups -OCH3 is 1. The molecule has 190 valence electrons. The Morgan fingerprint density at radius 2 is 1.86 bits per heavy atom. The van der Waals surface area contributed by atoms with Crippen molar-refractivity contribution in [1.29, 1.82) is 0 Å². The predicted molar refractivity (Wildman–Crippen MR) is 113 cm³/mol. The molecule has 1 atom stereocenters. The van der Waals surface area contributed by atoms with Crippen molar-refractivity contribution in [3.63, 3.8) is 0 Å². The number of pyridine rings is 1. The van der Waals surface area contributed by atoms with E-state index in [1.54, 1.807) is 4.72 Å². The molecule has 36 heavy (non-hydrogen) atoms. The van der Waals surface area contributed by atoms with Crippen LogP contribution in [0.3, 0.4) is 0 Å². The van der Waals surface area contributed by atoms with E-state index in [0.717, 1.165) is 12.3 Å². The molecular weight excluding hydrogens is 517 g/mol. The maximum atomic E-state index is 15.0. The number of sulfonamides is 1. The number of fused-ring (bicyclic) bond motifs is 2. The van der Waals surface area contributed by atoms with E-state index >= 15 is 0 Å². The number of hydrogen-bond donors (Lipinski definition) is 1. The Balaban J connectivity index is 1.74. The number of nitrogens with zero attached hydrogens (tertiary/aromatic N) is 4. The fraction of sp³-hybridized carbons (Fsp3) is 0.250. The van der Waals surface area contributed by atoms with E-state index in [9.17, 15) is 35.2 Å². The van der Waals surface area contributed by atoms with Gasteiger partial charge in [-0.1, -0.05) is 5.16 Å². The van der Waals surface area contributed by atoms with E-state index in [4.69, 9.17) is 9.26 Å². The largest absolute Gasteiger partial charge is 0.481 e. The molecule has 4 heterocycles. The molecule has 0 saturated carbocycles. The standard InChI is InChI=1S/C20H14F5N5O5S/c1-34-14-5-9(15-10(22)3-8(21)4-11(15)23)16-17(27-35-18(16)26-14)30-7-13-20(24,25)12(28-36(2,32)33)6-29(13)19(30)31/h3-5,7,12,28H,6H2,1-2H3/t12-/m1/s1. The van der Waals surface area contributed by atoms with Crippen LogP contribution in [0.15, 0.2) is 33.7 Å². The van der Waals surface area contributed by atoms with Crippen molar-refractivity contribution in [2.24, 2.45) is 0 Å². The second-order valence-electron chi connectivity index (χ2n) is 7.99. The van der Waals surface area contributed by atoms with Gasteiger partial charge in [-0.25, -0.2) is 35.7 Å². The minimum Gasteiger partial charge on any atom is -0.481 e. The lowest BCUT2D eigenvalue weighted by Gasteiger charge is -2.18. The summed E-state index contributed by atoms with van der Waals surface area (Å²) in [5.74, 6) is -8.18. The molecule has 4 aromatic rings. The van der Waals surface area contributed by atoms with E-state index in [2.05, 4.69) is 10.1 Å². The lowest BCUT2D eigenvalue weighted by Crippen LogP contribution is -2.44. The van der Waals surface area contributed by atoms with Gasteiger partial charge in [0.15, 0.2) is 5.82 Å². The maximum absolute atomic E-state index is 15.0. The normalized spacial score (nSPS) is 17.0. The van der Waals surface area contributed by atoms with Crippen LogP contribution in [0.5, 0.6) is 5.88 Å². The first-order valence-electron chi connectivity index (χ1n) is 9.99. The molecular formula is C20H14F5N5O5S. The summed E-state index contributed by atoms with van der Waals surface area (Å²) in [4.78, 5) is 17.0. The van der Waals surface area contributed by atoms with Crippen molar-refractivity contribution in [2.75, 3.05) is 13.4 Å². The van der Waals surface area contributed by atoms with Crippen molar-refractivity contribution in [3.8, 4) is 22.8 Å². The molecule has 0 aliphatic carbocycles. The highest BCUT2D eigenvalue weighted by Crippen LogP contribution is 2.40. The van der Waals surface area contributed by atoms with E-state index in [-0.39, 0.29) is 22.5 Å². The molecule has 0 fully saturated rings. The zero-order valence-corrected chi connectivity index (χ0v) is 19.0. The fourth-order valence-corrected chi connectivity index (χ4v) is 4.84. The average Bonchev–Trinajstić information content (AvgIpc) is 3.39. The quantitative estimate of drug-likeness (QED) is 0.393. The Kier molecular flexibility index (Phi) is 5.22. The molecule has 0 bridgehead atoms. The Labute approximate surface area is 197 Å². The van der Waals surface area contributed by atoms with Crippen LogP contribution in [0.25, 0.3) is 28.0 Å². The number of ether oxygens (including phenoxy) is 1. The van der Waals surface area contributed by atoms with Gasteiger partial charge in [0, 0.05) is 30.0 Å². The summed E-state index contributed by atoms with van der Waals surface area (Å²) in [6.45, 7) is -0.697. The van der Waals surface area contributed by atoms with Crippen LogP contribution in [-0.4, -0.2) is 47.1 Å². The maximum Gasteiger partial charge on any atom is 0.334 e. The third-order valence-corrected chi connectivity index (χ3v) is 6.31. The Morgan fingerprint density at radius 1 is 1.19 bits per heavy atom.